The van der Waals surface area contributed by atoms with E-state index in [0.29, 0.717) is 12.8 Å². The molecule has 460 valence electrons. The number of esters is 3. The highest BCUT2D eigenvalue weighted by atomic mass is 16.6. The molecule has 0 aromatic carbocycles. The summed E-state index contributed by atoms with van der Waals surface area (Å²) in [7, 11) is 0. The Kier molecular flexibility index (Phi) is 65.1. The second-order valence-corrected chi connectivity index (χ2v) is 23.4. The smallest absolute Gasteiger partial charge is 0.309 e. The summed E-state index contributed by atoms with van der Waals surface area (Å²) in [6.45, 7) is 6.51. The summed E-state index contributed by atoms with van der Waals surface area (Å²) in [5.74, 6) is -1.01. The van der Waals surface area contributed by atoms with Crippen molar-refractivity contribution in [2.75, 3.05) is 13.2 Å². The molecule has 0 aliphatic carbocycles. The van der Waals surface area contributed by atoms with E-state index in [4.69, 9.17) is 14.2 Å². The molecule has 0 radical (unpaired) electrons. The Morgan fingerprint density at radius 3 is 0.772 bits per heavy atom. The van der Waals surface area contributed by atoms with E-state index < -0.39 is 12.1 Å². The van der Waals surface area contributed by atoms with E-state index in [1.54, 1.807) is 0 Å². The van der Waals surface area contributed by atoms with E-state index in [2.05, 4.69) is 69.4 Å². The van der Waals surface area contributed by atoms with Crippen LogP contribution in [0.1, 0.15) is 367 Å². The Labute approximate surface area is 491 Å². The number of ether oxygens (including phenoxy) is 3. The molecule has 0 fully saturated rings. The second kappa shape index (κ2) is 67.6. The van der Waals surface area contributed by atoms with Gasteiger partial charge in [-0.3, -0.25) is 14.4 Å². The van der Waals surface area contributed by atoms with Crippen molar-refractivity contribution in [2.24, 2.45) is 0 Å². The van der Waals surface area contributed by atoms with Gasteiger partial charge in [0.15, 0.2) is 6.10 Å². The van der Waals surface area contributed by atoms with Crippen molar-refractivity contribution in [3.05, 3.63) is 60.8 Å². The molecule has 0 aromatic heterocycles. The highest BCUT2D eigenvalue weighted by Gasteiger charge is 2.19. The lowest BCUT2D eigenvalue weighted by Crippen LogP contribution is -2.30. The Morgan fingerprint density at radius 2 is 0.494 bits per heavy atom. The molecule has 0 saturated heterocycles. The molecular formula is C73H132O6. The quantitative estimate of drug-likeness (QED) is 0.0261. The molecule has 0 N–H and O–H groups in total. The Bertz CT molecular complexity index is 1410. The van der Waals surface area contributed by atoms with E-state index in [9.17, 15) is 14.4 Å². The third-order valence-corrected chi connectivity index (χ3v) is 15.6. The van der Waals surface area contributed by atoms with Crippen molar-refractivity contribution < 1.29 is 28.6 Å². The molecule has 0 aliphatic heterocycles. The van der Waals surface area contributed by atoms with Gasteiger partial charge in [0.1, 0.15) is 13.2 Å². The van der Waals surface area contributed by atoms with Gasteiger partial charge in [0.2, 0.25) is 0 Å². The first-order chi connectivity index (χ1) is 39.0. The van der Waals surface area contributed by atoms with Gasteiger partial charge in [0, 0.05) is 12.8 Å². The molecule has 1 atom stereocenters. The van der Waals surface area contributed by atoms with Crippen molar-refractivity contribution in [2.45, 2.75) is 374 Å². The van der Waals surface area contributed by atoms with Crippen LogP contribution in [0.4, 0.5) is 0 Å². The Balaban J connectivity index is 4.29. The van der Waals surface area contributed by atoms with E-state index in [1.807, 2.05) is 12.2 Å². The number of allylic oxidation sites excluding steroid dienone is 9. The molecule has 6 heteroatoms. The fraction of sp³-hybridized carbons (Fsp3) is 0.822. The van der Waals surface area contributed by atoms with Gasteiger partial charge in [0.05, 0.1) is 6.42 Å². The first kappa shape index (κ1) is 76.1. The van der Waals surface area contributed by atoms with E-state index >= 15 is 0 Å². The third kappa shape index (κ3) is 65.8. The van der Waals surface area contributed by atoms with Gasteiger partial charge in [-0.15, -0.1) is 0 Å². The molecule has 0 aliphatic rings. The maximum atomic E-state index is 12.9. The maximum absolute atomic E-state index is 12.9. The minimum Gasteiger partial charge on any atom is -0.462 e. The molecule has 0 amide bonds. The molecular weight excluding hydrogens is 973 g/mol. The van der Waals surface area contributed by atoms with Crippen molar-refractivity contribution in [1.82, 2.24) is 0 Å². The van der Waals surface area contributed by atoms with Crippen LogP contribution in [0.15, 0.2) is 60.8 Å². The van der Waals surface area contributed by atoms with E-state index in [1.165, 1.54) is 257 Å². The number of carbonyl (C=O) groups excluding carboxylic acids is 3. The van der Waals surface area contributed by atoms with Gasteiger partial charge >= 0.3 is 17.9 Å². The fourth-order valence-corrected chi connectivity index (χ4v) is 10.4. The van der Waals surface area contributed by atoms with Gasteiger partial charge in [-0.05, 0) is 44.9 Å². The molecule has 0 bridgehead atoms. The number of carbonyl (C=O) groups is 3. The van der Waals surface area contributed by atoms with Gasteiger partial charge in [-0.1, -0.05) is 364 Å². The Hall–Kier alpha value is -2.89. The largest absolute Gasteiger partial charge is 0.462 e. The molecule has 0 aromatic rings. The summed E-state index contributed by atoms with van der Waals surface area (Å²) >= 11 is 0. The van der Waals surface area contributed by atoms with Gasteiger partial charge < -0.3 is 14.2 Å². The van der Waals surface area contributed by atoms with E-state index in [0.717, 1.165) is 70.6 Å². The van der Waals surface area contributed by atoms with Gasteiger partial charge in [-0.25, -0.2) is 0 Å². The van der Waals surface area contributed by atoms with Crippen LogP contribution in [0.2, 0.25) is 0 Å². The topological polar surface area (TPSA) is 78.9 Å². The summed E-state index contributed by atoms with van der Waals surface area (Å²) in [4.78, 5) is 38.3. The zero-order chi connectivity index (χ0) is 57.1. The number of hydrogen-bond acceptors (Lipinski definition) is 6. The summed E-state index contributed by atoms with van der Waals surface area (Å²) in [6.07, 6.45) is 87.1. The highest BCUT2D eigenvalue weighted by Crippen LogP contribution is 2.19. The average Bonchev–Trinajstić information content (AvgIpc) is 3.45. The summed E-state index contributed by atoms with van der Waals surface area (Å²) in [5, 5.41) is 0. The maximum Gasteiger partial charge on any atom is 0.309 e. The summed E-state index contributed by atoms with van der Waals surface area (Å²) in [5.41, 5.74) is 0. The zero-order valence-corrected chi connectivity index (χ0v) is 52.9. The number of hydrogen-bond donors (Lipinski definition) is 0. The molecule has 79 heavy (non-hydrogen) atoms. The molecule has 6 nitrogen and oxygen atoms in total. The predicted molar refractivity (Wildman–Crippen MR) is 344 cm³/mol. The molecule has 0 spiro atoms. The van der Waals surface area contributed by atoms with Crippen molar-refractivity contribution in [1.29, 1.82) is 0 Å². The summed E-state index contributed by atoms with van der Waals surface area (Å²) in [6, 6.07) is 0. The SMILES string of the molecule is CC/C=C\C/C=C\C/C=C\C/C=C\C/C=C\CC(=O)OCC(COC(=O)CCCCCCCCCCCCCCCCCCCCCCCCCCCCC)OC(=O)CCCCCCCCCCCCCCCCCCCCC. The number of rotatable bonds is 64. The lowest BCUT2D eigenvalue weighted by atomic mass is 10.0. The van der Waals surface area contributed by atoms with E-state index in [-0.39, 0.29) is 31.6 Å². The standard InChI is InChI=1S/C73H132O6/c1-4-7-10-13-16-19-22-25-28-30-32-33-34-35-36-37-38-39-41-42-45-48-51-54-57-60-63-66-72(75)78-69-70(68-77-71(74)65-62-59-56-53-50-47-44-27-24-21-18-15-12-9-6-3)79-73(76)67-64-61-58-55-52-49-46-43-40-31-29-26-23-20-17-14-11-8-5-2/h9,12,18,21,27,44,50,53,59,62,70H,4-8,10-11,13-17,19-20,22-26,28-43,45-49,51-52,54-58,60-61,63-69H2,1-3H3/b12-9-,21-18-,44-27-,53-50-,62-59-. The fourth-order valence-electron chi connectivity index (χ4n) is 10.4. The van der Waals surface area contributed by atoms with Crippen LogP contribution < -0.4 is 0 Å². The molecule has 0 rings (SSSR count). The lowest BCUT2D eigenvalue weighted by Gasteiger charge is -2.18. The third-order valence-electron chi connectivity index (χ3n) is 15.6. The van der Waals surface area contributed by atoms with Gasteiger partial charge in [-0.2, -0.15) is 0 Å². The van der Waals surface area contributed by atoms with Crippen molar-refractivity contribution >= 4 is 17.9 Å². The molecule has 0 heterocycles. The van der Waals surface area contributed by atoms with Crippen LogP contribution in [-0.4, -0.2) is 37.2 Å². The minimum absolute atomic E-state index is 0.0990. The molecule has 1 unspecified atom stereocenters. The van der Waals surface area contributed by atoms with Crippen LogP contribution in [-0.2, 0) is 28.6 Å². The van der Waals surface area contributed by atoms with Crippen LogP contribution in [0, 0.1) is 0 Å². The van der Waals surface area contributed by atoms with Crippen LogP contribution in [0.3, 0.4) is 0 Å². The summed E-state index contributed by atoms with van der Waals surface area (Å²) < 4.78 is 16.9. The highest BCUT2D eigenvalue weighted by molar-refractivity contribution is 5.72. The zero-order valence-electron chi connectivity index (χ0n) is 52.9. The average molecular weight is 1110 g/mol. The number of unbranched alkanes of at least 4 members (excludes halogenated alkanes) is 44. The lowest BCUT2D eigenvalue weighted by molar-refractivity contribution is -0.166. The first-order valence-corrected chi connectivity index (χ1v) is 34.8. The minimum atomic E-state index is -0.812. The molecule has 0 saturated carbocycles. The second-order valence-electron chi connectivity index (χ2n) is 23.4. The van der Waals surface area contributed by atoms with Crippen LogP contribution in [0.25, 0.3) is 0 Å². The van der Waals surface area contributed by atoms with Crippen LogP contribution >= 0.6 is 0 Å². The monoisotopic (exact) mass is 1110 g/mol. The predicted octanol–water partition coefficient (Wildman–Crippen LogP) is 23.9. The normalized spacial score (nSPS) is 12.4. The first-order valence-electron chi connectivity index (χ1n) is 34.8. The van der Waals surface area contributed by atoms with Gasteiger partial charge in [0.25, 0.3) is 0 Å². The van der Waals surface area contributed by atoms with Crippen LogP contribution in [0.5, 0.6) is 0 Å². The Morgan fingerprint density at radius 1 is 0.266 bits per heavy atom. The van der Waals surface area contributed by atoms with Crippen molar-refractivity contribution in [3.8, 4) is 0 Å². The van der Waals surface area contributed by atoms with Crippen molar-refractivity contribution in [3.63, 3.8) is 0 Å².